The molecule has 3 aromatic rings. The molecule has 1 atom stereocenters. The second kappa shape index (κ2) is 14.3. The number of rotatable bonds is 12. The van der Waals surface area contributed by atoms with Crippen LogP contribution in [0.3, 0.4) is 0 Å². The molecule has 0 spiro atoms. The Hall–Kier alpha value is -3.27. The number of ether oxygens (including phenoxy) is 1. The summed E-state index contributed by atoms with van der Waals surface area (Å²) in [5.41, 5.74) is 0.467. The lowest BCUT2D eigenvalue weighted by atomic mass is 10.1. The first-order valence-corrected chi connectivity index (χ1v) is 15.8. The average Bonchev–Trinajstić information content (AvgIpc) is 2.92. The van der Waals surface area contributed by atoms with E-state index in [-0.39, 0.29) is 23.0 Å². The lowest BCUT2D eigenvalue weighted by Gasteiger charge is -2.34. The van der Waals surface area contributed by atoms with Crippen molar-refractivity contribution in [3.63, 3.8) is 0 Å². The van der Waals surface area contributed by atoms with Crippen LogP contribution in [0.4, 0.5) is 5.69 Å². The normalized spacial score (nSPS) is 12.4. The molecule has 42 heavy (non-hydrogen) atoms. The number of amides is 2. The van der Waals surface area contributed by atoms with Crippen molar-refractivity contribution >= 4 is 50.7 Å². The first kappa shape index (κ1) is 33.2. The maximum Gasteiger partial charge on any atom is 0.264 e. The highest BCUT2D eigenvalue weighted by Gasteiger charge is 2.34. The molecule has 0 aliphatic heterocycles. The van der Waals surface area contributed by atoms with Gasteiger partial charge in [-0.15, -0.1) is 0 Å². The number of sulfonamides is 1. The van der Waals surface area contributed by atoms with Crippen LogP contribution in [0.1, 0.15) is 46.6 Å². The van der Waals surface area contributed by atoms with Crippen molar-refractivity contribution in [3.05, 3.63) is 88.4 Å². The minimum atomic E-state index is -4.22. The van der Waals surface area contributed by atoms with Gasteiger partial charge in [-0.2, -0.15) is 0 Å². The van der Waals surface area contributed by atoms with E-state index in [0.29, 0.717) is 28.8 Å². The lowest BCUT2D eigenvalue weighted by Crippen LogP contribution is -2.55. The summed E-state index contributed by atoms with van der Waals surface area (Å²) in [5, 5.41) is 3.86. The fourth-order valence-corrected chi connectivity index (χ4v) is 5.96. The van der Waals surface area contributed by atoms with Crippen LogP contribution in [0.25, 0.3) is 0 Å². The highest BCUT2D eigenvalue weighted by Crippen LogP contribution is 2.28. The van der Waals surface area contributed by atoms with E-state index in [2.05, 4.69) is 5.32 Å². The molecule has 11 heteroatoms. The van der Waals surface area contributed by atoms with Crippen LogP contribution >= 0.6 is 23.2 Å². The Balaban J connectivity index is 2.07. The highest BCUT2D eigenvalue weighted by atomic mass is 35.5. The smallest absolute Gasteiger partial charge is 0.264 e. The lowest BCUT2D eigenvalue weighted by molar-refractivity contribution is -0.141. The van der Waals surface area contributed by atoms with E-state index in [1.54, 1.807) is 48.5 Å². The van der Waals surface area contributed by atoms with Crippen LogP contribution in [-0.2, 0) is 26.2 Å². The highest BCUT2D eigenvalue weighted by molar-refractivity contribution is 7.92. The van der Waals surface area contributed by atoms with Crippen molar-refractivity contribution in [1.29, 1.82) is 0 Å². The van der Waals surface area contributed by atoms with Gasteiger partial charge in [0.25, 0.3) is 10.0 Å². The van der Waals surface area contributed by atoms with Crippen molar-refractivity contribution in [3.8, 4) is 5.75 Å². The van der Waals surface area contributed by atoms with Crippen molar-refractivity contribution < 1.29 is 22.7 Å². The molecule has 1 N–H and O–H groups in total. The van der Waals surface area contributed by atoms with Crippen LogP contribution < -0.4 is 14.4 Å². The summed E-state index contributed by atoms with van der Waals surface area (Å²) >= 11 is 12.1. The molecule has 0 unspecified atom stereocenters. The number of anilines is 1. The summed E-state index contributed by atoms with van der Waals surface area (Å²) in [6.07, 6.45) is 0.314. The van der Waals surface area contributed by atoms with E-state index in [0.717, 1.165) is 9.87 Å². The van der Waals surface area contributed by atoms with Gasteiger partial charge in [0.2, 0.25) is 11.8 Å². The fraction of sp³-hybridized carbons (Fsp3) is 0.355. The molecule has 0 fully saturated rings. The summed E-state index contributed by atoms with van der Waals surface area (Å²) in [4.78, 5) is 28.9. The van der Waals surface area contributed by atoms with Gasteiger partial charge in [0.15, 0.2) is 0 Å². The van der Waals surface area contributed by atoms with Crippen molar-refractivity contribution in [2.75, 3.05) is 17.5 Å². The third kappa shape index (κ3) is 8.86. The first-order valence-electron chi connectivity index (χ1n) is 13.6. The molecule has 0 saturated carbocycles. The Bertz CT molecular complexity index is 1460. The quantitative estimate of drug-likeness (QED) is 0.252. The van der Waals surface area contributed by atoms with E-state index >= 15 is 0 Å². The van der Waals surface area contributed by atoms with Gasteiger partial charge in [0, 0.05) is 22.1 Å². The Morgan fingerprint density at radius 1 is 0.881 bits per heavy atom. The number of nitrogens with one attached hydrogen (secondary N) is 1. The maximum atomic E-state index is 14.1. The van der Waals surface area contributed by atoms with Crippen LogP contribution in [0.15, 0.2) is 77.7 Å². The molecule has 0 saturated heterocycles. The van der Waals surface area contributed by atoms with Crippen LogP contribution in [-0.4, -0.2) is 49.9 Å². The third-order valence-corrected chi connectivity index (χ3v) is 8.56. The standard InChI is InChI=1S/C31H37Cl2N3O5S/c1-6-28(30(38)34-31(3,4)5)35(20-22-8-10-23(32)11-9-22)29(37)21-36(25-14-16-26(17-15-25)41-7-2)42(39,40)27-18-12-24(33)13-19-27/h8-19,28H,6-7,20-21H2,1-5H3,(H,34,38)/t28-/m1/s1. The second-order valence-electron chi connectivity index (χ2n) is 10.7. The predicted octanol–water partition coefficient (Wildman–Crippen LogP) is 6.31. The fourth-order valence-electron chi connectivity index (χ4n) is 4.30. The van der Waals surface area contributed by atoms with Gasteiger partial charge in [-0.25, -0.2) is 8.42 Å². The van der Waals surface area contributed by atoms with Gasteiger partial charge in [-0.1, -0.05) is 42.3 Å². The predicted molar refractivity (Wildman–Crippen MR) is 168 cm³/mol. The Labute approximate surface area is 258 Å². The first-order chi connectivity index (χ1) is 19.7. The van der Waals surface area contributed by atoms with Gasteiger partial charge < -0.3 is 15.0 Å². The zero-order chi connectivity index (χ0) is 31.1. The molecular formula is C31H37Cl2N3O5S. The molecule has 0 aliphatic rings. The third-order valence-electron chi connectivity index (χ3n) is 6.27. The number of carbonyl (C=O) groups excluding carboxylic acids is 2. The largest absolute Gasteiger partial charge is 0.494 e. The zero-order valence-electron chi connectivity index (χ0n) is 24.4. The minimum absolute atomic E-state index is 0.0321. The molecule has 0 bridgehead atoms. The summed E-state index contributed by atoms with van der Waals surface area (Å²) < 4.78 is 34.5. The van der Waals surface area contributed by atoms with E-state index in [4.69, 9.17) is 27.9 Å². The number of hydrogen-bond donors (Lipinski definition) is 1. The maximum absolute atomic E-state index is 14.1. The number of halogens is 2. The number of hydrogen-bond acceptors (Lipinski definition) is 5. The molecule has 0 radical (unpaired) electrons. The van der Waals surface area contributed by atoms with Crippen molar-refractivity contribution in [1.82, 2.24) is 10.2 Å². The van der Waals surface area contributed by atoms with E-state index in [1.165, 1.54) is 29.2 Å². The van der Waals surface area contributed by atoms with E-state index in [1.807, 2.05) is 34.6 Å². The van der Waals surface area contributed by atoms with Gasteiger partial charge in [-0.05, 0) is 100 Å². The van der Waals surface area contributed by atoms with Gasteiger partial charge in [-0.3, -0.25) is 13.9 Å². The van der Waals surface area contributed by atoms with Gasteiger partial charge in [0.05, 0.1) is 17.2 Å². The number of carbonyl (C=O) groups is 2. The van der Waals surface area contributed by atoms with Gasteiger partial charge in [0.1, 0.15) is 18.3 Å². The minimum Gasteiger partial charge on any atom is -0.494 e. The molecular weight excluding hydrogens is 597 g/mol. The molecule has 0 aromatic heterocycles. The van der Waals surface area contributed by atoms with Crippen LogP contribution in [0.2, 0.25) is 10.0 Å². The Morgan fingerprint density at radius 2 is 1.43 bits per heavy atom. The van der Waals surface area contributed by atoms with Crippen molar-refractivity contribution in [2.45, 2.75) is 64.1 Å². The number of benzene rings is 3. The van der Waals surface area contributed by atoms with Crippen LogP contribution in [0.5, 0.6) is 5.75 Å². The summed E-state index contributed by atoms with van der Waals surface area (Å²) in [6, 6.07) is 18.3. The summed E-state index contributed by atoms with van der Waals surface area (Å²) in [7, 11) is -4.22. The topological polar surface area (TPSA) is 96.0 Å². The van der Waals surface area contributed by atoms with Crippen LogP contribution in [0, 0.1) is 0 Å². The molecule has 0 aliphatic carbocycles. The molecule has 3 aromatic carbocycles. The van der Waals surface area contributed by atoms with E-state index < -0.39 is 34.1 Å². The monoisotopic (exact) mass is 633 g/mol. The van der Waals surface area contributed by atoms with E-state index in [9.17, 15) is 18.0 Å². The Kier molecular flexibility index (Phi) is 11.3. The van der Waals surface area contributed by atoms with Gasteiger partial charge >= 0.3 is 0 Å². The summed E-state index contributed by atoms with van der Waals surface area (Å²) in [5.74, 6) is -0.321. The SMILES string of the molecule is CCOc1ccc(N(CC(=O)N(Cc2ccc(Cl)cc2)[C@H](CC)C(=O)NC(C)(C)C)S(=O)(=O)c2ccc(Cl)cc2)cc1. The molecule has 226 valence electrons. The molecule has 3 rings (SSSR count). The Morgan fingerprint density at radius 3 is 1.93 bits per heavy atom. The van der Waals surface area contributed by atoms with Crippen molar-refractivity contribution in [2.24, 2.45) is 0 Å². The number of nitrogens with zero attached hydrogens (tertiary/aromatic N) is 2. The summed E-state index contributed by atoms with van der Waals surface area (Å²) in [6.45, 7) is 9.19. The molecule has 0 heterocycles. The molecule has 8 nitrogen and oxygen atoms in total. The zero-order valence-corrected chi connectivity index (χ0v) is 26.8. The average molecular weight is 635 g/mol. The molecule has 2 amide bonds. The second-order valence-corrected chi connectivity index (χ2v) is 13.4.